The maximum absolute atomic E-state index is 12.3. The second-order valence-electron chi connectivity index (χ2n) is 5.55. The molecule has 1 heterocycles. The number of anilines is 1. The second-order valence-corrected chi connectivity index (χ2v) is 6.50. The number of amides is 1. The molecule has 0 atom stereocenters. The first kappa shape index (κ1) is 14.8. The van der Waals surface area contributed by atoms with Crippen molar-refractivity contribution in [1.29, 1.82) is 0 Å². The van der Waals surface area contributed by atoms with E-state index < -0.39 is 0 Å². The summed E-state index contributed by atoms with van der Waals surface area (Å²) in [5, 5.41) is 5.04. The molecule has 2 nitrogen and oxygen atoms in total. The first-order chi connectivity index (χ1) is 9.50. The zero-order valence-electron chi connectivity index (χ0n) is 12.4. The number of benzene rings is 1. The van der Waals surface area contributed by atoms with Crippen LogP contribution in [0.5, 0.6) is 0 Å². The van der Waals surface area contributed by atoms with E-state index in [4.69, 9.17) is 0 Å². The standard InChI is InChI=1S/C17H21NOS/c1-11(2)13-7-5-8-14(12(3)4)16(13)18-17(19)15-9-6-10-20-15/h5-12H,1-4H3,(H,18,19). The average Bonchev–Trinajstić information content (AvgIpc) is 2.92. The second kappa shape index (κ2) is 6.23. The number of para-hydroxylation sites is 1. The molecule has 0 saturated heterocycles. The Balaban J connectivity index is 2.40. The van der Waals surface area contributed by atoms with Crippen molar-refractivity contribution in [1.82, 2.24) is 0 Å². The molecule has 20 heavy (non-hydrogen) atoms. The van der Waals surface area contributed by atoms with E-state index in [1.165, 1.54) is 22.5 Å². The fourth-order valence-corrected chi connectivity index (χ4v) is 2.90. The van der Waals surface area contributed by atoms with Crippen LogP contribution in [0.1, 0.15) is 60.3 Å². The number of thiophene rings is 1. The number of hydrogen-bond donors (Lipinski definition) is 1. The number of rotatable bonds is 4. The zero-order chi connectivity index (χ0) is 14.7. The quantitative estimate of drug-likeness (QED) is 0.817. The molecule has 0 saturated carbocycles. The van der Waals surface area contributed by atoms with Gasteiger partial charge in [-0.1, -0.05) is 52.0 Å². The molecular formula is C17H21NOS. The topological polar surface area (TPSA) is 29.1 Å². The smallest absolute Gasteiger partial charge is 0.265 e. The van der Waals surface area contributed by atoms with Crippen LogP contribution >= 0.6 is 11.3 Å². The van der Waals surface area contributed by atoms with Gasteiger partial charge in [-0.2, -0.15) is 0 Å². The highest BCUT2D eigenvalue weighted by atomic mass is 32.1. The Morgan fingerprint density at radius 2 is 1.60 bits per heavy atom. The first-order valence-electron chi connectivity index (χ1n) is 6.98. The molecule has 0 aliphatic carbocycles. The van der Waals surface area contributed by atoms with Crippen molar-refractivity contribution in [3.63, 3.8) is 0 Å². The van der Waals surface area contributed by atoms with Crippen LogP contribution in [0.2, 0.25) is 0 Å². The van der Waals surface area contributed by atoms with Gasteiger partial charge in [0, 0.05) is 5.69 Å². The third-order valence-electron chi connectivity index (χ3n) is 3.36. The highest BCUT2D eigenvalue weighted by Crippen LogP contribution is 2.32. The summed E-state index contributed by atoms with van der Waals surface area (Å²) in [5.74, 6) is 0.745. The van der Waals surface area contributed by atoms with Crippen LogP contribution in [0.4, 0.5) is 5.69 Å². The van der Waals surface area contributed by atoms with Crippen molar-refractivity contribution in [2.24, 2.45) is 0 Å². The Kier molecular flexibility index (Phi) is 4.61. The monoisotopic (exact) mass is 287 g/mol. The third-order valence-corrected chi connectivity index (χ3v) is 4.23. The predicted molar refractivity (Wildman–Crippen MR) is 86.9 cm³/mol. The van der Waals surface area contributed by atoms with Crippen LogP contribution in [-0.4, -0.2) is 5.91 Å². The molecule has 0 radical (unpaired) electrons. The maximum atomic E-state index is 12.3. The fourth-order valence-electron chi connectivity index (χ4n) is 2.28. The Bertz CT molecular complexity index is 559. The summed E-state index contributed by atoms with van der Waals surface area (Å²) in [6, 6.07) is 10.0. The Hall–Kier alpha value is -1.61. The minimum absolute atomic E-state index is 0.0185. The van der Waals surface area contributed by atoms with Gasteiger partial charge in [-0.15, -0.1) is 11.3 Å². The lowest BCUT2D eigenvalue weighted by molar-refractivity contribution is 0.103. The summed E-state index contributed by atoms with van der Waals surface area (Å²) in [6.07, 6.45) is 0. The van der Waals surface area contributed by atoms with Crippen molar-refractivity contribution in [2.45, 2.75) is 39.5 Å². The normalized spacial score (nSPS) is 11.1. The largest absolute Gasteiger partial charge is 0.321 e. The molecule has 3 heteroatoms. The van der Waals surface area contributed by atoms with Crippen LogP contribution in [-0.2, 0) is 0 Å². The number of carbonyl (C=O) groups is 1. The van der Waals surface area contributed by atoms with E-state index in [9.17, 15) is 4.79 Å². The zero-order valence-corrected chi connectivity index (χ0v) is 13.3. The van der Waals surface area contributed by atoms with Crippen LogP contribution in [0.25, 0.3) is 0 Å². The Labute approximate surface area is 124 Å². The molecule has 0 aliphatic heterocycles. The Morgan fingerprint density at radius 3 is 2.05 bits per heavy atom. The van der Waals surface area contributed by atoms with Crippen molar-refractivity contribution >= 4 is 22.9 Å². The van der Waals surface area contributed by atoms with E-state index in [0.29, 0.717) is 11.8 Å². The van der Waals surface area contributed by atoms with E-state index in [1.54, 1.807) is 0 Å². The molecule has 1 aromatic heterocycles. The summed E-state index contributed by atoms with van der Waals surface area (Å²) in [6.45, 7) is 8.61. The van der Waals surface area contributed by atoms with Gasteiger partial charge in [0.15, 0.2) is 0 Å². The van der Waals surface area contributed by atoms with Crippen LogP contribution < -0.4 is 5.32 Å². The predicted octanol–water partition coefficient (Wildman–Crippen LogP) is 5.25. The minimum Gasteiger partial charge on any atom is -0.321 e. The number of nitrogens with one attached hydrogen (secondary N) is 1. The first-order valence-corrected chi connectivity index (χ1v) is 7.86. The van der Waals surface area contributed by atoms with Gasteiger partial charge in [0.05, 0.1) is 4.88 Å². The lowest BCUT2D eigenvalue weighted by Gasteiger charge is -2.19. The lowest BCUT2D eigenvalue weighted by atomic mass is 9.92. The highest BCUT2D eigenvalue weighted by Gasteiger charge is 2.16. The molecule has 106 valence electrons. The summed E-state index contributed by atoms with van der Waals surface area (Å²) in [4.78, 5) is 13.1. The summed E-state index contributed by atoms with van der Waals surface area (Å²) < 4.78 is 0. The molecule has 1 N–H and O–H groups in total. The van der Waals surface area contributed by atoms with Gasteiger partial charge in [-0.05, 0) is 34.4 Å². The molecule has 2 rings (SSSR count). The summed E-state index contributed by atoms with van der Waals surface area (Å²) in [5.41, 5.74) is 3.37. The average molecular weight is 287 g/mol. The number of carbonyl (C=O) groups excluding carboxylic acids is 1. The molecule has 2 aromatic rings. The molecule has 0 aliphatic rings. The van der Waals surface area contributed by atoms with Gasteiger partial charge < -0.3 is 5.32 Å². The van der Waals surface area contributed by atoms with Gasteiger partial charge >= 0.3 is 0 Å². The van der Waals surface area contributed by atoms with Crippen LogP contribution in [0.15, 0.2) is 35.7 Å². The van der Waals surface area contributed by atoms with Gasteiger partial charge in [-0.25, -0.2) is 0 Å². The van der Waals surface area contributed by atoms with Gasteiger partial charge in [0.1, 0.15) is 0 Å². The van der Waals surface area contributed by atoms with Gasteiger partial charge in [0.2, 0.25) is 0 Å². The molecule has 0 unspecified atom stereocenters. The highest BCUT2D eigenvalue weighted by molar-refractivity contribution is 7.12. The van der Waals surface area contributed by atoms with E-state index in [-0.39, 0.29) is 5.91 Å². The SMILES string of the molecule is CC(C)c1cccc(C(C)C)c1NC(=O)c1cccs1. The molecule has 1 aromatic carbocycles. The van der Waals surface area contributed by atoms with Crippen molar-refractivity contribution in [3.8, 4) is 0 Å². The van der Waals surface area contributed by atoms with Crippen LogP contribution in [0, 0.1) is 0 Å². The minimum atomic E-state index is -0.0185. The van der Waals surface area contributed by atoms with Gasteiger partial charge in [-0.3, -0.25) is 4.79 Å². The molecule has 0 fully saturated rings. The lowest BCUT2D eigenvalue weighted by Crippen LogP contribution is -2.14. The van der Waals surface area contributed by atoms with E-state index in [1.807, 2.05) is 17.5 Å². The molecular weight excluding hydrogens is 266 g/mol. The van der Waals surface area contributed by atoms with E-state index in [2.05, 4.69) is 51.2 Å². The van der Waals surface area contributed by atoms with Crippen molar-refractivity contribution in [2.75, 3.05) is 5.32 Å². The van der Waals surface area contributed by atoms with Crippen LogP contribution in [0.3, 0.4) is 0 Å². The van der Waals surface area contributed by atoms with E-state index in [0.717, 1.165) is 10.6 Å². The Morgan fingerprint density at radius 1 is 1.00 bits per heavy atom. The fraction of sp³-hybridized carbons (Fsp3) is 0.353. The molecule has 0 bridgehead atoms. The molecule has 0 spiro atoms. The molecule has 1 amide bonds. The maximum Gasteiger partial charge on any atom is 0.265 e. The van der Waals surface area contributed by atoms with E-state index >= 15 is 0 Å². The summed E-state index contributed by atoms with van der Waals surface area (Å²) in [7, 11) is 0. The van der Waals surface area contributed by atoms with Crippen molar-refractivity contribution in [3.05, 3.63) is 51.7 Å². The van der Waals surface area contributed by atoms with Gasteiger partial charge in [0.25, 0.3) is 5.91 Å². The van der Waals surface area contributed by atoms with Crippen molar-refractivity contribution < 1.29 is 4.79 Å². The number of hydrogen-bond acceptors (Lipinski definition) is 2. The third kappa shape index (κ3) is 3.10. The summed E-state index contributed by atoms with van der Waals surface area (Å²) >= 11 is 1.47.